The van der Waals surface area contributed by atoms with E-state index in [1.165, 1.54) is 0 Å². The first-order chi connectivity index (χ1) is 7.61. The van der Waals surface area contributed by atoms with Gasteiger partial charge < -0.3 is 14.4 Å². The van der Waals surface area contributed by atoms with E-state index in [1.54, 1.807) is 6.20 Å². The van der Waals surface area contributed by atoms with E-state index in [2.05, 4.69) is 23.4 Å². The predicted octanol–water partition coefficient (Wildman–Crippen LogP) is 1.55. The number of aromatic nitrogens is 2. The third-order valence-corrected chi connectivity index (χ3v) is 3.15. The second kappa shape index (κ2) is 4.55. The van der Waals surface area contributed by atoms with Crippen molar-refractivity contribution < 1.29 is 9.84 Å². The standard InChI is InChI=1S/C12H20N2O2/c1-10(2)11-13-5-6-14(11)9-12(15)3-7-16-8-4-12/h5-6,10,15H,3-4,7-9H2,1-2H3. The van der Waals surface area contributed by atoms with Crippen molar-refractivity contribution in [3.05, 3.63) is 18.2 Å². The molecule has 2 rings (SSSR count). The summed E-state index contributed by atoms with van der Waals surface area (Å²) in [6.45, 7) is 6.17. The van der Waals surface area contributed by atoms with Crippen molar-refractivity contribution in [2.24, 2.45) is 0 Å². The van der Waals surface area contributed by atoms with Gasteiger partial charge in [-0.05, 0) is 0 Å². The molecule has 1 aromatic heterocycles. The number of imidazole rings is 1. The van der Waals surface area contributed by atoms with Gasteiger partial charge in [-0.15, -0.1) is 0 Å². The molecule has 0 radical (unpaired) electrons. The van der Waals surface area contributed by atoms with Gasteiger partial charge in [-0.25, -0.2) is 4.98 Å². The lowest BCUT2D eigenvalue weighted by atomic mass is 9.94. The normalized spacial score (nSPS) is 20.2. The van der Waals surface area contributed by atoms with Gasteiger partial charge in [-0.3, -0.25) is 0 Å². The molecule has 0 bridgehead atoms. The van der Waals surface area contributed by atoms with E-state index >= 15 is 0 Å². The molecule has 16 heavy (non-hydrogen) atoms. The van der Waals surface area contributed by atoms with Gasteiger partial charge in [0.15, 0.2) is 0 Å². The fraction of sp³-hybridized carbons (Fsp3) is 0.750. The second-order valence-electron chi connectivity index (χ2n) is 4.90. The van der Waals surface area contributed by atoms with Crippen LogP contribution < -0.4 is 0 Å². The molecule has 4 nitrogen and oxygen atoms in total. The molecule has 1 N–H and O–H groups in total. The Labute approximate surface area is 96.3 Å². The zero-order valence-corrected chi connectivity index (χ0v) is 10.0. The summed E-state index contributed by atoms with van der Waals surface area (Å²) in [7, 11) is 0. The number of rotatable bonds is 3. The Morgan fingerprint density at radius 2 is 2.19 bits per heavy atom. The zero-order valence-electron chi connectivity index (χ0n) is 10.0. The van der Waals surface area contributed by atoms with Crippen molar-refractivity contribution in [3.8, 4) is 0 Å². The van der Waals surface area contributed by atoms with Crippen molar-refractivity contribution >= 4 is 0 Å². The van der Waals surface area contributed by atoms with Crippen molar-refractivity contribution in [3.63, 3.8) is 0 Å². The summed E-state index contributed by atoms with van der Waals surface area (Å²) in [6, 6.07) is 0. The number of nitrogens with zero attached hydrogens (tertiary/aromatic N) is 2. The fourth-order valence-corrected chi connectivity index (χ4v) is 2.18. The van der Waals surface area contributed by atoms with Crippen molar-refractivity contribution in [2.75, 3.05) is 13.2 Å². The molecule has 1 aliphatic rings. The molecule has 4 heteroatoms. The second-order valence-corrected chi connectivity index (χ2v) is 4.90. The van der Waals surface area contributed by atoms with Crippen LogP contribution in [0.15, 0.2) is 12.4 Å². The van der Waals surface area contributed by atoms with Crippen LogP contribution in [0.2, 0.25) is 0 Å². The highest BCUT2D eigenvalue weighted by molar-refractivity contribution is 4.99. The molecule has 0 aliphatic carbocycles. The highest BCUT2D eigenvalue weighted by Crippen LogP contribution is 2.24. The van der Waals surface area contributed by atoms with Crippen LogP contribution in [0.5, 0.6) is 0 Å². The summed E-state index contributed by atoms with van der Waals surface area (Å²) in [5.41, 5.74) is -0.622. The van der Waals surface area contributed by atoms with Gasteiger partial charge in [-0.2, -0.15) is 0 Å². The molecule has 0 atom stereocenters. The minimum Gasteiger partial charge on any atom is -0.388 e. The van der Waals surface area contributed by atoms with Gasteiger partial charge in [0.25, 0.3) is 0 Å². The number of hydrogen-bond donors (Lipinski definition) is 1. The number of aliphatic hydroxyl groups is 1. The van der Waals surface area contributed by atoms with Crippen molar-refractivity contribution in [1.82, 2.24) is 9.55 Å². The molecule has 0 amide bonds. The van der Waals surface area contributed by atoms with Crippen LogP contribution in [-0.2, 0) is 11.3 Å². The van der Waals surface area contributed by atoms with Gasteiger partial charge in [-0.1, -0.05) is 13.8 Å². The summed E-state index contributed by atoms with van der Waals surface area (Å²) < 4.78 is 7.34. The van der Waals surface area contributed by atoms with Crippen LogP contribution in [0, 0.1) is 0 Å². The molecule has 1 aliphatic heterocycles. The Morgan fingerprint density at radius 3 is 2.81 bits per heavy atom. The molecule has 0 aromatic carbocycles. The third kappa shape index (κ3) is 2.44. The third-order valence-electron chi connectivity index (χ3n) is 3.15. The topological polar surface area (TPSA) is 47.3 Å². The van der Waals surface area contributed by atoms with Crippen LogP contribution in [0.4, 0.5) is 0 Å². The maximum absolute atomic E-state index is 10.4. The van der Waals surface area contributed by atoms with Gasteiger partial charge in [0.1, 0.15) is 5.82 Å². The molecule has 1 fully saturated rings. The first kappa shape index (κ1) is 11.6. The number of ether oxygens (including phenoxy) is 1. The van der Waals surface area contributed by atoms with Crippen LogP contribution in [-0.4, -0.2) is 33.5 Å². The molecular formula is C12H20N2O2. The Morgan fingerprint density at radius 1 is 1.50 bits per heavy atom. The SMILES string of the molecule is CC(C)c1nccn1CC1(O)CCOCC1. The van der Waals surface area contributed by atoms with Crippen LogP contribution in [0.1, 0.15) is 38.4 Å². The first-order valence-electron chi connectivity index (χ1n) is 5.92. The van der Waals surface area contributed by atoms with Gasteiger partial charge in [0, 0.05) is 44.4 Å². The molecule has 0 unspecified atom stereocenters. The molecular weight excluding hydrogens is 204 g/mol. The Balaban J connectivity index is 2.10. The van der Waals surface area contributed by atoms with E-state index in [0.717, 1.165) is 5.82 Å². The number of hydrogen-bond acceptors (Lipinski definition) is 3. The highest BCUT2D eigenvalue weighted by atomic mass is 16.5. The summed E-state index contributed by atoms with van der Waals surface area (Å²) in [5.74, 6) is 1.43. The van der Waals surface area contributed by atoms with E-state index in [0.29, 0.717) is 38.5 Å². The molecule has 1 aromatic rings. The quantitative estimate of drug-likeness (QED) is 0.847. The molecule has 0 saturated carbocycles. The molecule has 1 saturated heterocycles. The Bertz CT molecular complexity index is 341. The predicted molar refractivity (Wildman–Crippen MR) is 61.3 cm³/mol. The summed E-state index contributed by atoms with van der Waals surface area (Å²) in [4.78, 5) is 4.33. The monoisotopic (exact) mass is 224 g/mol. The van der Waals surface area contributed by atoms with E-state index in [4.69, 9.17) is 4.74 Å². The summed E-state index contributed by atoms with van der Waals surface area (Å²) >= 11 is 0. The smallest absolute Gasteiger partial charge is 0.111 e. The average molecular weight is 224 g/mol. The Kier molecular flexibility index (Phi) is 3.30. The van der Waals surface area contributed by atoms with Crippen molar-refractivity contribution in [2.45, 2.75) is 44.8 Å². The van der Waals surface area contributed by atoms with E-state index < -0.39 is 5.60 Å². The summed E-state index contributed by atoms with van der Waals surface area (Å²) in [5, 5.41) is 10.4. The zero-order chi connectivity index (χ0) is 11.6. The van der Waals surface area contributed by atoms with Crippen LogP contribution in [0.3, 0.4) is 0 Å². The molecule has 0 spiro atoms. The van der Waals surface area contributed by atoms with E-state index in [-0.39, 0.29) is 0 Å². The van der Waals surface area contributed by atoms with Crippen LogP contribution >= 0.6 is 0 Å². The van der Waals surface area contributed by atoms with Crippen LogP contribution in [0.25, 0.3) is 0 Å². The van der Waals surface area contributed by atoms with E-state index in [1.807, 2.05) is 6.20 Å². The maximum atomic E-state index is 10.4. The molecule has 2 heterocycles. The Hall–Kier alpha value is -0.870. The largest absolute Gasteiger partial charge is 0.388 e. The average Bonchev–Trinajstić information content (AvgIpc) is 2.66. The lowest BCUT2D eigenvalue weighted by molar-refractivity contribution is -0.0732. The van der Waals surface area contributed by atoms with Gasteiger partial charge >= 0.3 is 0 Å². The lowest BCUT2D eigenvalue weighted by Gasteiger charge is -2.32. The minimum absolute atomic E-state index is 0.387. The van der Waals surface area contributed by atoms with Gasteiger partial charge in [0.05, 0.1) is 12.1 Å². The van der Waals surface area contributed by atoms with E-state index in [9.17, 15) is 5.11 Å². The highest BCUT2D eigenvalue weighted by Gasteiger charge is 2.30. The first-order valence-corrected chi connectivity index (χ1v) is 5.92. The van der Waals surface area contributed by atoms with Crippen molar-refractivity contribution in [1.29, 1.82) is 0 Å². The lowest BCUT2D eigenvalue weighted by Crippen LogP contribution is -2.40. The minimum atomic E-state index is -0.622. The maximum Gasteiger partial charge on any atom is 0.111 e. The van der Waals surface area contributed by atoms with Gasteiger partial charge in [0.2, 0.25) is 0 Å². The summed E-state index contributed by atoms with van der Waals surface area (Å²) in [6.07, 6.45) is 5.17. The molecule has 90 valence electrons. The fourth-order valence-electron chi connectivity index (χ4n) is 2.18.